The maximum Gasteiger partial charge on any atom is 0.251 e. The molecule has 0 fully saturated rings. The number of nitrogens with zero attached hydrogens (tertiary/aromatic N) is 1. The maximum atomic E-state index is 11.9. The van der Waals surface area contributed by atoms with Gasteiger partial charge in [-0.05, 0) is 24.6 Å². The average molecular weight is 295 g/mol. The zero-order valence-electron chi connectivity index (χ0n) is 10.6. The van der Waals surface area contributed by atoms with Gasteiger partial charge in [-0.3, -0.25) is 4.79 Å². The summed E-state index contributed by atoms with van der Waals surface area (Å²) in [4.78, 5) is 16.3. The number of benzene rings is 1. The Kier molecular flexibility index (Phi) is 4.93. The predicted octanol–water partition coefficient (Wildman–Crippen LogP) is 3.16. The topological polar surface area (TPSA) is 42.0 Å². The third kappa shape index (κ3) is 4.04. The van der Waals surface area contributed by atoms with Crippen molar-refractivity contribution < 1.29 is 4.79 Å². The largest absolute Gasteiger partial charge is 0.352 e. The first kappa shape index (κ1) is 14.0. The molecule has 0 atom stereocenters. The molecule has 1 aromatic heterocycles. The summed E-state index contributed by atoms with van der Waals surface area (Å²) in [5.41, 5.74) is 2.62. The number of halogens is 1. The smallest absolute Gasteiger partial charge is 0.251 e. The molecule has 0 aliphatic rings. The van der Waals surface area contributed by atoms with Crippen LogP contribution in [0.5, 0.6) is 0 Å². The number of nitrogens with one attached hydrogen (secondary N) is 1. The van der Waals surface area contributed by atoms with Crippen molar-refractivity contribution in [2.24, 2.45) is 0 Å². The number of hydrogen-bond donors (Lipinski definition) is 1. The van der Waals surface area contributed by atoms with Gasteiger partial charge in [0.2, 0.25) is 0 Å². The maximum absolute atomic E-state index is 11.9. The molecule has 0 radical (unpaired) electrons. The standard InChI is InChI=1S/C14H15ClN2OS/c1-10-17-13(9-19-10)5-6-16-14(18)12-4-2-3-11(7-12)8-15/h2-4,7,9H,5-6,8H2,1H3,(H,16,18). The van der Waals surface area contributed by atoms with E-state index >= 15 is 0 Å². The molecule has 1 N–H and O–H groups in total. The van der Waals surface area contributed by atoms with E-state index in [4.69, 9.17) is 11.6 Å². The number of carbonyl (C=O) groups is 1. The first-order chi connectivity index (χ1) is 9.19. The van der Waals surface area contributed by atoms with Gasteiger partial charge < -0.3 is 5.32 Å². The van der Waals surface area contributed by atoms with Gasteiger partial charge in [0.05, 0.1) is 10.7 Å². The Morgan fingerprint density at radius 2 is 2.32 bits per heavy atom. The third-order valence-electron chi connectivity index (χ3n) is 2.68. The van der Waals surface area contributed by atoms with E-state index in [0.29, 0.717) is 18.0 Å². The fraction of sp³-hybridized carbons (Fsp3) is 0.286. The van der Waals surface area contributed by atoms with Gasteiger partial charge in [-0.1, -0.05) is 12.1 Å². The fourth-order valence-corrected chi connectivity index (χ4v) is 2.54. The molecule has 100 valence electrons. The predicted molar refractivity (Wildman–Crippen MR) is 78.9 cm³/mol. The molecule has 2 aromatic rings. The second kappa shape index (κ2) is 6.68. The van der Waals surface area contributed by atoms with Crippen LogP contribution >= 0.6 is 22.9 Å². The van der Waals surface area contributed by atoms with Crippen LogP contribution in [0, 0.1) is 6.92 Å². The van der Waals surface area contributed by atoms with Gasteiger partial charge in [0.25, 0.3) is 5.91 Å². The van der Waals surface area contributed by atoms with Crippen LogP contribution in [0.1, 0.15) is 26.6 Å². The first-order valence-electron chi connectivity index (χ1n) is 6.03. The number of amides is 1. The molecule has 0 spiro atoms. The Labute approximate surface area is 121 Å². The zero-order chi connectivity index (χ0) is 13.7. The van der Waals surface area contributed by atoms with E-state index in [9.17, 15) is 4.79 Å². The van der Waals surface area contributed by atoms with E-state index in [1.165, 1.54) is 0 Å². The molecule has 1 amide bonds. The van der Waals surface area contributed by atoms with Crippen molar-refractivity contribution in [2.45, 2.75) is 19.2 Å². The highest BCUT2D eigenvalue weighted by Crippen LogP contribution is 2.09. The Bertz CT molecular complexity index is 568. The summed E-state index contributed by atoms with van der Waals surface area (Å²) in [6.07, 6.45) is 0.755. The molecule has 1 aromatic carbocycles. The lowest BCUT2D eigenvalue weighted by atomic mass is 10.1. The molecule has 0 saturated carbocycles. The van der Waals surface area contributed by atoms with E-state index in [1.54, 1.807) is 17.4 Å². The van der Waals surface area contributed by atoms with Crippen LogP contribution in [0.2, 0.25) is 0 Å². The number of rotatable bonds is 5. The number of hydrogen-bond acceptors (Lipinski definition) is 3. The van der Waals surface area contributed by atoms with Crippen molar-refractivity contribution in [3.05, 3.63) is 51.5 Å². The summed E-state index contributed by atoms with van der Waals surface area (Å²) in [5, 5.41) is 5.97. The summed E-state index contributed by atoms with van der Waals surface area (Å²) >= 11 is 7.38. The minimum Gasteiger partial charge on any atom is -0.352 e. The van der Waals surface area contributed by atoms with Crippen molar-refractivity contribution in [3.63, 3.8) is 0 Å². The Balaban J connectivity index is 1.87. The lowest BCUT2D eigenvalue weighted by Crippen LogP contribution is -2.25. The molecule has 3 nitrogen and oxygen atoms in total. The Hall–Kier alpha value is -1.39. The van der Waals surface area contributed by atoms with Crippen LogP contribution in [-0.4, -0.2) is 17.4 Å². The Morgan fingerprint density at radius 1 is 1.47 bits per heavy atom. The monoisotopic (exact) mass is 294 g/mol. The summed E-state index contributed by atoms with van der Waals surface area (Å²) < 4.78 is 0. The molecule has 0 bridgehead atoms. The van der Waals surface area contributed by atoms with Gasteiger partial charge in [0, 0.05) is 29.8 Å². The second-order valence-corrected chi connectivity index (χ2v) is 5.53. The van der Waals surface area contributed by atoms with Gasteiger partial charge >= 0.3 is 0 Å². The van der Waals surface area contributed by atoms with Crippen molar-refractivity contribution in [2.75, 3.05) is 6.54 Å². The average Bonchev–Trinajstić information content (AvgIpc) is 2.84. The van der Waals surface area contributed by atoms with Crippen molar-refractivity contribution in [1.82, 2.24) is 10.3 Å². The molecular weight excluding hydrogens is 280 g/mol. The second-order valence-electron chi connectivity index (χ2n) is 4.20. The normalized spacial score (nSPS) is 10.4. The molecule has 2 rings (SSSR count). The summed E-state index contributed by atoms with van der Waals surface area (Å²) in [7, 11) is 0. The van der Waals surface area contributed by atoms with E-state index in [1.807, 2.05) is 30.5 Å². The van der Waals surface area contributed by atoms with Crippen molar-refractivity contribution in [1.29, 1.82) is 0 Å². The highest BCUT2D eigenvalue weighted by molar-refractivity contribution is 7.09. The number of alkyl halides is 1. The van der Waals surface area contributed by atoms with Gasteiger partial charge in [0.1, 0.15) is 0 Å². The fourth-order valence-electron chi connectivity index (χ4n) is 1.72. The van der Waals surface area contributed by atoms with E-state index in [2.05, 4.69) is 10.3 Å². The van der Waals surface area contributed by atoms with Gasteiger partial charge in [-0.2, -0.15) is 0 Å². The number of carbonyl (C=O) groups excluding carboxylic acids is 1. The highest BCUT2D eigenvalue weighted by Gasteiger charge is 2.06. The van der Waals surface area contributed by atoms with Crippen LogP contribution in [0.3, 0.4) is 0 Å². The van der Waals surface area contributed by atoms with Crippen LogP contribution in [0.4, 0.5) is 0 Å². The summed E-state index contributed by atoms with van der Waals surface area (Å²) in [5.74, 6) is 0.345. The molecule has 19 heavy (non-hydrogen) atoms. The van der Waals surface area contributed by atoms with E-state index < -0.39 is 0 Å². The number of thiazole rings is 1. The molecule has 0 aliphatic heterocycles. The van der Waals surface area contributed by atoms with Crippen LogP contribution < -0.4 is 5.32 Å². The van der Waals surface area contributed by atoms with Crippen LogP contribution in [-0.2, 0) is 12.3 Å². The quantitative estimate of drug-likeness (QED) is 0.861. The molecule has 0 saturated heterocycles. The SMILES string of the molecule is Cc1nc(CCNC(=O)c2cccc(CCl)c2)cs1. The number of aryl methyl sites for hydroxylation is 1. The Morgan fingerprint density at radius 3 is 3.00 bits per heavy atom. The van der Waals surface area contributed by atoms with Crippen LogP contribution in [0.25, 0.3) is 0 Å². The van der Waals surface area contributed by atoms with Gasteiger partial charge in [0.15, 0.2) is 0 Å². The molecule has 0 aliphatic carbocycles. The van der Waals surface area contributed by atoms with Gasteiger partial charge in [-0.15, -0.1) is 22.9 Å². The van der Waals surface area contributed by atoms with Gasteiger partial charge in [-0.25, -0.2) is 4.98 Å². The molecule has 1 heterocycles. The lowest BCUT2D eigenvalue weighted by Gasteiger charge is -2.05. The van der Waals surface area contributed by atoms with Crippen molar-refractivity contribution in [3.8, 4) is 0 Å². The van der Waals surface area contributed by atoms with E-state index in [-0.39, 0.29) is 5.91 Å². The third-order valence-corrected chi connectivity index (χ3v) is 3.81. The molecule has 5 heteroatoms. The molecule has 0 unspecified atom stereocenters. The first-order valence-corrected chi connectivity index (χ1v) is 7.44. The van der Waals surface area contributed by atoms with Crippen molar-refractivity contribution >= 4 is 28.8 Å². The van der Waals surface area contributed by atoms with E-state index in [0.717, 1.165) is 22.7 Å². The lowest BCUT2D eigenvalue weighted by molar-refractivity contribution is 0.0954. The molecular formula is C14H15ClN2OS. The zero-order valence-corrected chi connectivity index (χ0v) is 12.2. The van der Waals surface area contributed by atoms with Crippen LogP contribution in [0.15, 0.2) is 29.6 Å². The number of aromatic nitrogens is 1. The minimum absolute atomic E-state index is 0.0704. The highest BCUT2D eigenvalue weighted by atomic mass is 35.5. The minimum atomic E-state index is -0.0704. The summed E-state index contributed by atoms with van der Waals surface area (Å²) in [6, 6.07) is 7.35. The summed E-state index contributed by atoms with van der Waals surface area (Å²) in [6.45, 7) is 2.57.